The van der Waals surface area contributed by atoms with Gasteiger partial charge >= 0.3 is 6.03 Å². The Morgan fingerprint density at radius 1 is 1.12 bits per heavy atom. The number of nitrogens with zero attached hydrogens (tertiary/aromatic N) is 2. The van der Waals surface area contributed by atoms with E-state index in [1.54, 1.807) is 0 Å². The minimum Gasteiger partial charge on any atom is -0.325 e. The largest absolute Gasteiger partial charge is 0.325 e. The van der Waals surface area contributed by atoms with Crippen LogP contribution in [0.5, 0.6) is 0 Å². The molecule has 4 nitrogen and oxygen atoms in total. The zero-order valence-electron chi connectivity index (χ0n) is 11.0. The molecule has 4 heteroatoms. The van der Waals surface area contributed by atoms with Gasteiger partial charge in [0.15, 0.2) is 0 Å². The van der Waals surface area contributed by atoms with E-state index in [-0.39, 0.29) is 6.03 Å². The summed E-state index contributed by atoms with van der Waals surface area (Å²) in [5, 5.41) is 3.21. The van der Waals surface area contributed by atoms with Crippen molar-refractivity contribution in [3.05, 3.63) is 0 Å². The summed E-state index contributed by atoms with van der Waals surface area (Å²) in [6.45, 7) is 3.80. The first-order valence-corrected chi connectivity index (χ1v) is 7.03. The van der Waals surface area contributed by atoms with E-state index in [1.165, 1.54) is 32.1 Å². The Kier molecular flexibility index (Phi) is 4.66. The van der Waals surface area contributed by atoms with Crippen LogP contribution in [0.2, 0.25) is 0 Å². The SMILES string of the molecule is CNCC1CCCCN1C(=O)N1CCCCC1. The summed E-state index contributed by atoms with van der Waals surface area (Å²) in [5.41, 5.74) is 0. The molecule has 0 radical (unpaired) electrons. The van der Waals surface area contributed by atoms with Crippen LogP contribution in [0.15, 0.2) is 0 Å². The lowest BCUT2D eigenvalue weighted by atomic mass is 10.0. The second-order valence-corrected chi connectivity index (χ2v) is 5.23. The van der Waals surface area contributed by atoms with Gasteiger partial charge in [0.1, 0.15) is 0 Å². The molecule has 1 N–H and O–H groups in total. The summed E-state index contributed by atoms with van der Waals surface area (Å²) in [4.78, 5) is 16.6. The van der Waals surface area contributed by atoms with Crippen molar-refractivity contribution in [3.63, 3.8) is 0 Å². The van der Waals surface area contributed by atoms with Gasteiger partial charge in [-0.05, 0) is 45.6 Å². The van der Waals surface area contributed by atoms with Crippen molar-refractivity contribution >= 4 is 6.03 Å². The molecule has 2 fully saturated rings. The smallest absolute Gasteiger partial charge is 0.320 e. The van der Waals surface area contributed by atoms with Gasteiger partial charge in [-0.25, -0.2) is 4.79 Å². The molecule has 0 aliphatic carbocycles. The molecule has 0 bridgehead atoms. The first kappa shape index (κ1) is 12.7. The molecule has 1 unspecified atom stereocenters. The van der Waals surface area contributed by atoms with E-state index in [2.05, 4.69) is 15.1 Å². The maximum Gasteiger partial charge on any atom is 0.320 e. The van der Waals surface area contributed by atoms with E-state index in [9.17, 15) is 4.79 Å². The molecule has 2 aliphatic rings. The predicted octanol–water partition coefficient (Wildman–Crippen LogP) is 1.67. The third kappa shape index (κ3) is 3.12. The molecule has 2 heterocycles. The summed E-state index contributed by atoms with van der Waals surface area (Å²) in [7, 11) is 1.97. The number of likely N-dealkylation sites (N-methyl/N-ethyl adjacent to an activating group) is 1. The minimum absolute atomic E-state index is 0.282. The summed E-state index contributed by atoms with van der Waals surface area (Å²) in [5.74, 6) is 0. The summed E-state index contributed by atoms with van der Waals surface area (Å²) >= 11 is 0. The van der Waals surface area contributed by atoms with Gasteiger partial charge in [0, 0.05) is 32.2 Å². The maximum atomic E-state index is 12.5. The molecular weight excluding hydrogens is 214 g/mol. The fraction of sp³-hybridized carbons (Fsp3) is 0.923. The van der Waals surface area contributed by atoms with Crippen LogP contribution in [-0.2, 0) is 0 Å². The number of carbonyl (C=O) groups is 1. The van der Waals surface area contributed by atoms with Gasteiger partial charge in [-0.15, -0.1) is 0 Å². The lowest BCUT2D eigenvalue weighted by molar-refractivity contribution is 0.108. The summed E-state index contributed by atoms with van der Waals surface area (Å²) in [6, 6.07) is 0.688. The van der Waals surface area contributed by atoms with Crippen LogP contribution in [0.4, 0.5) is 4.79 Å². The third-order valence-electron chi connectivity index (χ3n) is 3.94. The first-order valence-electron chi connectivity index (χ1n) is 7.03. The highest BCUT2D eigenvalue weighted by Crippen LogP contribution is 2.20. The van der Waals surface area contributed by atoms with Crippen molar-refractivity contribution < 1.29 is 4.79 Å². The van der Waals surface area contributed by atoms with Crippen LogP contribution in [0, 0.1) is 0 Å². The number of likely N-dealkylation sites (tertiary alicyclic amines) is 2. The number of urea groups is 1. The number of rotatable bonds is 2. The normalized spacial score (nSPS) is 26.1. The van der Waals surface area contributed by atoms with Crippen LogP contribution in [0.25, 0.3) is 0 Å². The number of carbonyl (C=O) groups excluding carboxylic acids is 1. The molecule has 2 amide bonds. The van der Waals surface area contributed by atoms with Crippen molar-refractivity contribution in [1.29, 1.82) is 0 Å². The molecule has 98 valence electrons. The van der Waals surface area contributed by atoms with Gasteiger partial charge in [-0.3, -0.25) is 0 Å². The molecule has 2 aliphatic heterocycles. The zero-order chi connectivity index (χ0) is 12.1. The van der Waals surface area contributed by atoms with Crippen molar-refractivity contribution in [3.8, 4) is 0 Å². The van der Waals surface area contributed by atoms with E-state index in [1.807, 2.05) is 7.05 Å². The summed E-state index contributed by atoms with van der Waals surface area (Å²) < 4.78 is 0. The fourth-order valence-corrected chi connectivity index (χ4v) is 2.97. The number of nitrogens with one attached hydrogen (secondary N) is 1. The van der Waals surface area contributed by atoms with Gasteiger partial charge < -0.3 is 15.1 Å². The van der Waals surface area contributed by atoms with Gasteiger partial charge in [0.2, 0.25) is 0 Å². The molecule has 2 rings (SSSR count). The first-order chi connectivity index (χ1) is 8.33. The third-order valence-corrected chi connectivity index (χ3v) is 3.94. The lowest BCUT2D eigenvalue weighted by Crippen LogP contribution is -2.53. The van der Waals surface area contributed by atoms with Crippen molar-refractivity contribution in [1.82, 2.24) is 15.1 Å². The highest BCUT2D eigenvalue weighted by atomic mass is 16.2. The highest BCUT2D eigenvalue weighted by molar-refractivity contribution is 5.75. The molecule has 1 atom stereocenters. The van der Waals surface area contributed by atoms with Gasteiger partial charge in [-0.1, -0.05) is 0 Å². The van der Waals surface area contributed by atoms with Crippen molar-refractivity contribution in [2.45, 2.75) is 44.6 Å². The van der Waals surface area contributed by atoms with Crippen LogP contribution in [-0.4, -0.2) is 55.1 Å². The molecule has 0 aromatic heterocycles. The molecule has 0 aromatic carbocycles. The molecular formula is C13H25N3O. The van der Waals surface area contributed by atoms with Crippen LogP contribution in [0.1, 0.15) is 38.5 Å². The van der Waals surface area contributed by atoms with E-state index in [4.69, 9.17) is 0 Å². The number of hydrogen-bond acceptors (Lipinski definition) is 2. The summed E-state index contributed by atoms with van der Waals surface area (Å²) in [6.07, 6.45) is 7.21. The van der Waals surface area contributed by atoms with E-state index in [0.717, 1.165) is 32.6 Å². The van der Waals surface area contributed by atoms with Gasteiger partial charge in [0.05, 0.1) is 0 Å². The molecule has 0 saturated carbocycles. The fourth-order valence-electron chi connectivity index (χ4n) is 2.97. The Labute approximate surface area is 104 Å². The van der Waals surface area contributed by atoms with Crippen LogP contribution < -0.4 is 5.32 Å². The zero-order valence-corrected chi connectivity index (χ0v) is 11.0. The van der Waals surface area contributed by atoms with Gasteiger partial charge in [-0.2, -0.15) is 0 Å². The number of amides is 2. The molecule has 17 heavy (non-hydrogen) atoms. The minimum atomic E-state index is 0.282. The second kappa shape index (κ2) is 6.24. The number of hydrogen-bond donors (Lipinski definition) is 1. The average Bonchev–Trinajstić information content (AvgIpc) is 2.40. The Hall–Kier alpha value is -0.770. The molecule has 0 spiro atoms. The van der Waals surface area contributed by atoms with Gasteiger partial charge in [0.25, 0.3) is 0 Å². The molecule has 2 saturated heterocycles. The van der Waals surface area contributed by atoms with Crippen molar-refractivity contribution in [2.24, 2.45) is 0 Å². The van der Waals surface area contributed by atoms with Crippen LogP contribution in [0.3, 0.4) is 0 Å². The highest BCUT2D eigenvalue weighted by Gasteiger charge is 2.29. The van der Waals surface area contributed by atoms with E-state index >= 15 is 0 Å². The average molecular weight is 239 g/mol. The monoisotopic (exact) mass is 239 g/mol. The standard InChI is InChI=1S/C13H25N3O/c1-14-11-12-7-3-6-10-16(12)13(17)15-8-4-2-5-9-15/h12,14H,2-11H2,1H3. The Morgan fingerprint density at radius 2 is 1.82 bits per heavy atom. The van der Waals surface area contributed by atoms with E-state index in [0.29, 0.717) is 6.04 Å². The maximum absolute atomic E-state index is 12.5. The quantitative estimate of drug-likeness (QED) is 0.795. The Bertz CT molecular complexity index is 249. The predicted molar refractivity (Wildman–Crippen MR) is 69.1 cm³/mol. The topological polar surface area (TPSA) is 35.6 Å². The molecule has 0 aromatic rings. The Morgan fingerprint density at radius 3 is 2.53 bits per heavy atom. The van der Waals surface area contributed by atoms with E-state index < -0.39 is 0 Å². The second-order valence-electron chi connectivity index (χ2n) is 5.23. The number of piperidine rings is 2. The lowest BCUT2D eigenvalue weighted by Gasteiger charge is -2.40. The Balaban J connectivity index is 1.94. The van der Waals surface area contributed by atoms with Crippen molar-refractivity contribution in [2.75, 3.05) is 33.2 Å². The van der Waals surface area contributed by atoms with Crippen LogP contribution >= 0.6 is 0 Å².